The minimum Gasteiger partial charge on any atom is -0.385 e. The summed E-state index contributed by atoms with van der Waals surface area (Å²) in [6, 6.07) is 12.0. The molecule has 144 valence electrons. The van der Waals surface area contributed by atoms with E-state index in [0.717, 1.165) is 31.2 Å². The van der Waals surface area contributed by atoms with Crippen LogP contribution in [0, 0.1) is 12.8 Å². The predicted octanol–water partition coefficient (Wildman–Crippen LogP) is 3.07. The zero-order valence-electron chi connectivity index (χ0n) is 15.7. The van der Waals surface area contributed by atoms with Crippen molar-refractivity contribution in [1.29, 1.82) is 0 Å². The molecule has 0 radical (unpaired) electrons. The Balaban J connectivity index is 1.49. The van der Waals surface area contributed by atoms with Gasteiger partial charge in [-0.25, -0.2) is 0 Å². The van der Waals surface area contributed by atoms with Crippen molar-refractivity contribution in [3.63, 3.8) is 0 Å². The average Bonchev–Trinajstić information content (AvgIpc) is 3.09. The molecule has 1 aliphatic carbocycles. The topological polar surface area (TPSA) is 78.6 Å². The fourth-order valence-corrected chi connectivity index (χ4v) is 4.84. The van der Waals surface area contributed by atoms with Gasteiger partial charge in [-0.05, 0) is 31.7 Å². The number of benzene rings is 1. The molecule has 1 aromatic heterocycles. The van der Waals surface area contributed by atoms with Gasteiger partial charge in [0.2, 0.25) is 5.91 Å². The van der Waals surface area contributed by atoms with Crippen LogP contribution in [0.2, 0.25) is 0 Å². The Morgan fingerprint density at radius 2 is 2.11 bits per heavy atom. The van der Waals surface area contributed by atoms with E-state index in [2.05, 4.69) is 15.4 Å². The summed E-state index contributed by atoms with van der Waals surface area (Å²) in [6.07, 6.45) is 4.95. The van der Waals surface area contributed by atoms with Crippen LogP contribution in [0.4, 0.5) is 5.82 Å². The first kappa shape index (κ1) is 18.2. The largest absolute Gasteiger partial charge is 0.385 e. The molecule has 1 saturated heterocycles. The monoisotopic (exact) mass is 369 g/mol. The normalized spacial score (nSPS) is 28.5. The quantitative estimate of drug-likeness (QED) is 0.866. The van der Waals surface area contributed by atoms with Crippen LogP contribution in [0.3, 0.4) is 0 Å². The number of hydrogen-bond donors (Lipinski definition) is 2. The van der Waals surface area contributed by atoms with Crippen LogP contribution in [0.15, 0.2) is 40.9 Å². The molecular weight excluding hydrogens is 342 g/mol. The zero-order valence-corrected chi connectivity index (χ0v) is 15.7. The second-order valence-corrected chi connectivity index (χ2v) is 7.84. The van der Waals surface area contributed by atoms with Crippen LogP contribution in [-0.2, 0) is 10.4 Å². The lowest BCUT2D eigenvalue weighted by Crippen LogP contribution is -2.58. The molecule has 2 heterocycles. The minimum atomic E-state index is -0.803. The summed E-state index contributed by atoms with van der Waals surface area (Å²) in [6.45, 7) is 2.82. The molecule has 2 aliphatic rings. The highest BCUT2D eigenvalue weighted by molar-refractivity contribution is 5.91. The van der Waals surface area contributed by atoms with Gasteiger partial charge in [-0.15, -0.1) is 0 Å². The third-order valence-electron chi connectivity index (χ3n) is 6.11. The van der Waals surface area contributed by atoms with Crippen molar-refractivity contribution >= 4 is 11.7 Å². The number of carbonyl (C=O) groups excluding carboxylic acids is 1. The molecule has 4 rings (SSSR count). The molecule has 27 heavy (non-hydrogen) atoms. The fourth-order valence-electron chi connectivity index (χ4n) is 4.84. The first-order valence-electron chi connectivity index (χ1n) is 9.81. The maximum absolute atomic E-state index is 12.5. The molecule has 2 aromatic rings. The summed E-state index contributed by atoms with van der Waals surface area (Å²) in [4.78, 5) is 14.7. The van der Waals surface area contributed by atoms with E-state index >= 15 is 0 Å². The molecule has 0 bridgehead atoms. The number of carbonyl (C=O) groups is 1. The van der Waals surface area contributed by atoms with Gasteiger partial charge in [0.05, 0.1) is 12.1 Å². The van der Waals surface area contributed by atoms with E-state index in [1.165, 1.54) is 0 Å². The number of aromatic nitrogens is 1. The molecular formula is C21H27N3O3. The number of likely N-dealkylation sites (tertiary alicyclic amines) is 1. The van der Waals surface area contributed by atoms with E-state index in [0.29, 0.717) is 31.1 Å². The second-order valence-electron chi connectivity index (χ2n) is 7.84. The number of aryl methyl sites for hydroxylation is 1. The third-order valence-corrected chi connectivity index (χ3v) is 6.11. The lowest BCUT2D eigenvalue weighted by Gasteiger charge is -2.52. The number of hydrogen-bond acceptors (Lipinski definition) is 5. The van der Waals surface area contributed by atoms with Gasteiger partial charge in [-0.3, -0.25) is 9.69 Å². The first-order valence-corrected chi connectivity index (χ1v) is 9.81. The third kappa shape index (κ3) is 3.64. The number of rotatable bonds is 4. The van der Waals surface area contributed by atoms with Crippen molar-refractivity contribution in [2.24, 2.45) is 5.92 Å². The Labute approximate surface area is 159 Å². The van der Waals surface area contributed by atoms with Crippen LogP contribution in [0.25, 0.3) is 0 Å². The highest BCUT2D eigenvalue weighted by Gasteiger charge is 2.49. The van der Waals surface area contributed by atoms with Gasteiger partial charge in [0, 0.05) is 24.6 Å². The van der Waals surface area contributed by atoms with Crippen molar-refractivity contribution in [3.8, 4) is 0 Å². The SMILES string of the molecule is Cc1cc(NC(=O)CN2CC[C@](O)(c3ccccc3)[C@@H]3CCCC[C@@H]32)no1. The maximum atomic E-state index is 12.5. The molecule has 6 nitrogen and oxygen atoms in total. The molecule has 1 aromatic carbocycles. The number of amides is 1. The van der Waals surface area contributed by atoms with Crippen LogP contribution < -0.4 is 5.32 Å². The number of fused-ring (bicyclic) bond motifs is 1. The van der Waals surface area contributed by atoms with Crippen molar-refractivity contribution in [3.05, 3.63) is 47.7 Å². The van der Waals surface area contributed by atoms with Crippen LogP contribution in [-0.4, -0.2) is 40.2 Å². The van der Waals surface area contributed by atoms with Crippen LogP contribution in [0.1, 0.15) is 43.4 Å². The maximum Gasteiger partial charge on any atom is 0.239 e. The summed E-state index contributed by atoms with van der Waals surface area (Å²) in [7, 11) is 0. The summed E-state index contributed by atoms with van der Waals surface area (Å²) in [5.41, 5.74) is 0.201. The number of nitrogens with one attached hydrogen (secondary N) is 1. The van der Waals surface area contributed by atoms with E-state index < -0.39 is 5.60 Å². The van der Waals surface area contributed by atoms with E-state index in [-0.39, 0.29) is 17.9 Å². The average molecular weight is 369 g/mol. The van der Waals surface area contributed by atoms with Gasteiger partial charge in [0.1, 0.15) is 5.76 Å². The number of nitrogens with zero attached hydrogens (tertiary/aromatic N) is 2. The van der Waals surface area contributed by atoms with Gasteiger partial charge in [-0.2, -0.15) is 0 Å². The lowest BCUT2D eigenvalue weighted by atomic mass is 9.66. The molecule has 2 fully saturated rings. The van der Waals surface area contributed by atoms with Gasteiger partial charge in [0.15, 0.2) is 5.82 Å². The summed E-state index contributed by atoms with van der Waals surface area (Å²) < 4.78 is 5.01. The first-order chi connectivity index (χ1) is 13.1. The minimum absolute atomic E-state index is 0.0854. The molecule has 1 aliphatic heterocycles. The summed E-state index contributed by atoms with van der Waals surface area (Å²) in [5, 5.41) is 18.2. The summed E-state index contributed by atoms with van der Waals surface area (Å²) in [5.74, 6) is 1.20. The molecule has 0 spiro atoms. The Kier molecular flexibility index (Phi) is 5.02. The summed E-state index contributed by atoms with van der Waals surface area (Å²) >= 11 is 0. The molecule has 0 unspecified atom stereocenters. The predicted molar refractivity (Wildman–Crippen MR) is 102 cm³/mol. The van der Waals surface area contributed by atoms with Crippen LogP contribution >= 0.6 is 0 Å². The van der Waals surface area contributed by atoms with Crippen molar-refractivity contribution in [1.82, 2.24) is 10.1 Å². The molecule has 1 amide bonds. The van der Waals surface area contributed by atoms with Gasteiger partial charge in [-0.1, -0.05) is 48.3 Å². The van der Waals surface area contributed by atoms with Crippen molar-refractivity contribution < 1.29 is 14.4 Å². The highest BCUT2D eigenvalue weighted by atomic mass is 16.5. The molecule has 6 heteroatoms. The Hall–Kier alpha value is -2.18. The molecule has 1 saturated carbocycles. The number of piperidine rings is 1. The van der Waals surface area contributed by atoms with Gasteiger partial charge >= 0.3 is 0 Å². The zero-order chi connectivity index (χ0) is 18.9. The van der Waals surface area contributed by atoms with E-state index in [9.17, 15) is 9.90 Å². The van der Waals surface area contributed by atoms with Gasteiger partial charge < -0.3 is 14.9 Å². The van der Waals surface area contributed by atoms with E-state index in [1.807, 2.05) is 30.3 Å². The van der Waals surface area contributed by atoms with Crippen molar-refractivity contribution in [2.45, 2.75) is 50.7 Å². The Morgan fingerprint density at radius 3 is 2.85 bits per heavy atom. The standard InChI is InChI=1S/C21H27N3O3/c1-15-13-19(23-27-15)22-20(25)14-24-12-11-21(26,16-7-3-2-4-8-16)17-9-5-6-10-18(17)24/h2-4,7-8,13,17-18,26H,5-6,9-12,14H2,1H3,(H,22,23,25)/t17-,18+,21+/m1/s1. The smallest absolute Gasteiger partial charge is 0.239 e. The fraction of sp³-hybridized carbons (Fsp3) is 0.524. The highest BCUT2D eigenvalue weighted by Crippen LogP contribution is 2.46. The molecule has 3 atom stereocenters. The Bertz CT molecular complexity index is 791. The second kappa shape index (κ2) is 7.44. The van der Waals surface area contributed by atoms with Crippen LogP contribution in [0.5, 0.6) is 0 Å². The van der Waals surface area contributed by atoms with Gasteiger partial charge in [0.25, 0.3) is 0 Å². The Morgan fingerprint density at radius 1 is 1.33 bits per heavy atom. The molecule has 2 N–H and O–H groups in total. The number of anilines is 1. The van der Waals surface area contributed by atoms with E-state index in [4.69, 9.17) is 4.52 Å². The lowest BCUT2D eigenvalue weighted by molar-refractivity contribution is -0.133. The van der Waals surface area contributed by atoms with Crippen molar-refractivity contribution in [2.75, 3.05) is 18.4 Å². The van der Waals surface area contributed by atoms with E-state index in [1.54, 1.807) is 13.0 Å². The number of aliphatic hydroxyl groups is 1.